The first-order chi connectivity index (χ1) is 9.79. The molecule has 0 radical (unpaired) electrons. The van der Waals surface area contributed by atoms with Gasteiger partial charge in [0.1, 0.15) is 11.8 Å². The van der Waals surface area contributed by atoms with Gasteiger partial charge in [0, 0.05) is 6.20 Å². The Morgan fingerprint density at radius 1 is 1.15 bits per heavy atom. The van der Waals surface area contributed by atoms with Gasteiger partial charge in [-0.05, 0) is 49.0 Å². The molecule has 20 heavy (non-hydrogen) atoms. The van der Waals surface area contributed by atoms with Gasteiger partial charge in [0.05, 0.1) is 11.4 Å². The van der Waals surface area contributed by atoms with Gasteiger partial charge in [-0.15, -0.1) is 0 Å². The number of aromatic nitrogens is 2. The maximum atomic E-state index is 5.86. The number of benzene rings is 1. The first kappa shape index (κ1) is 13.0. The summed E-state index contributed by atoms with van der Waals surface area (Å²) in [5, 5.41) is 8.00. The number of para-hydroxylation sites is 1. The van der Waals surface area contributed by atoms with Crippen molar-refractivity contribution < 1.29 is 4.42 Å². The van der Waals surface area contributed by atoms with E-state index in [1.165, 1.54) is 0 Å². The van der Waals surface area contributed by atoms with Crippen LogP contribution >= 0.6 is 11.6 Å². The van der Waals surface area contributed by atoms with E-state index in [4.69, 9.17) is 16.0 Å². The van der Waals surface area contributed by atoms with E-state index in [0.717, 1.165) is 17.1 Å². The van der Waals surface area contributed by atoms with E-state index >= 15 is 0 Å². The summed E-state index contributed by atoms with van der Waals surface area (Å²) in [6, 6.07) is 15.4. The molecular weight excluding hydrogens is 274 g/mol. The number of furan rings is 1. The highest BCUT2D eigenvalue weighted by Crippen LogP contribution is 2.26. The van der Waals surface area contributed by atoms with Gasteiger partial charge >= 0.3 is 0 Å². The fourth-order valence-corrected chi connectivity index (χ4v) is 2.39. The van der Waals surface area contributed by atoms with E-state index in [1.807, 2.05) is 54.2 Å². The lowest BCUT2D eigenvalue weighted by molar-refractivity contribution is 0.455. The van der Waals surface area contributed by atoms with Crippen molar-refractivity contribution in [1.82, 2.24) is 15.1 Å². The molecule has 0 amide bonds. The van der Waals surface area contributed by atoms with Crippen LogP contribution in [0, 0.1) is 0 Å². The molecule has 1 N–H and O–H groups in total. The molecule has 0 spiro atoms. The SMILES string of the molecule is CNC(c1ccc(Cl)o1)c1ccnn1-c1ccccc1. The summed E-state index contributed by atoms with van der Waals surface area (Å²) >= 11 is 5.86. The third-order valence-electron chi connectivity index (χ3n) is 3.14. The van der Waals surface area contributed by atoms with E-state index < -0.39 is 0 Å². The number of rotatable bonds is 4. The zero-order valence-corrected chi connectivity index (χ0v) is 11.7. The molecule has 0 saturated heterocycles. The monoisotopic (exact) mass is 287 g/mol. The number of hydrogen-bond donors (Lipinski definition) is 1. The third-order valence-corrected chi connectivity index (χ3v) is 3.34. The topological polar surface area (TPSA) is 43.0 Å². The van der Waals surface area contributed by atoms with E-state index in [-0.39, 0.29) is 6.04 Å². The van der Waals surface area contributed by atoms with Gasteiger partial charge in [-0.2, -0.15) is 5.10 Å². The Morgan fingerprint density at radius 2 is 1.95 bits per heavy atom. The zero-order valence-electron chi connectivity index (χ0n) is 11.0. The minimum Gasteiger partial charge on any atom is -0.448 e. The van der Waals surface area contributed by atoms with E-state index in [1.54, 1.807) is 12.3 Å². The summed E-state index contributed by atoms with van der Waals surface area (Å²) < 4.78 is 7.40. The molecule has 0 fully saturated rings. The van der Waals surface area contributed by atoms with Crippen molar-refractivity contribution in [3.8, 4) is 5.69 Å². The van der Waals surface area contributed by atoms with Gasteiger partial charge in [-0.3, -0.25) is 0 Å². The van der Waals surface area contributed by atoms with Gasteiger partial charge in [0.25, 0.3) is 0 Å². The lowest BCUT2D eigenvalue weighted by Crippen LogP contribution is -2.20. The maximum Gasteiger partial charge on any atom is 0.193 e. The minimum absolute atomic E-state index is 0.106. The van der Waals surface area contributed by atoms with Crippen molar-refractivity contribution in [3.63, 3.8) is 0 Å². The average molecular weight is 288 g/mol. The fraction of sp³-hybridized carbons (Fsp3) is 0.133. The van der Waals surface area contributed by atoms with Gasteiger partial charge in [0.15, 0.2) is 5.22 Å². The number of hydrogen-bond acceptors (Lipinski definition) is 3. The molecule has 102 valence electrons. The van der Waals surface area contributed by atoms with Crippen LogP contribution in [0.4, 0.5) is 0 Å². The number of halogens is 1. The van der Waals surface area contributed by atoms with Crippen molar-refractivity contribution in [2.45, 2.75) is 6.04 Å². The molecular formula is C15H14ClN3O. The van der Waals surface area contributed by atoms with Crippen LogP contribution in [0.5, 0.6) is 0 Å². The van der Waals surface area contributed by atoms with Crippen molar-refractivity contribution >= 4 is 11.6 Å². The van der Waals surface area contributed by atoms with Gasteiger partial charge in [-0.1, -0.05) is 18.2 Å². The molecule has 0 aliphatic carbocycles. The fourth-order valence-electron chi connectivity index (χ4n) is 2.24. The van der Waals surface area contributed by atoms with Crippen LogP contribution in [-0.2, 0) is 0 Å². The Labute approximate surface area is 122 Å². The van der Waals surface area contributed by atoms with Gasteiger partial charge in [-0.25, -0.2) is 4.68 Å². The lowest BCUT2D eigenvalue weighted by Gasteiger charge is -2.16. The average Bonchev–Trinajstić information content (AvgIpc) is 3.11. The molecule has 0 aliphatic heterocycles. The highest BCUT2D eigenvalue weighted by Gasteiger charge is 2.20. The summed E-state index contributed by atoms with van der Waals surface area (Å²) in [5.74, 6) is 0.759. The third kappa shape index (κ3) is 2.35. The normalized spacial score (nSPS) is 12.5. The predicted molar refractivity (Wildman–Crippen MR) is 78.2 cm³/mol. The van der Waals surface area contributed by atoms with Crippen LogP contribution < -0.4 is 5.32 Å². The van der Waals surface area contributed by atoms with Gasteiger partial charge < -0.3 is 9.73 Å². The first-order valence-corrected chi connectivity index (χ1v) is 6.69. The lowest BCUT2D eigenvalue weighted by atomic mass is 10.1. The van der Waals surface area contributed by atoms with Crippen LogP contribution in [-0.4, -0.2) is 16.8 Å². The molecule has 0 aliphatic rings. The molecule has 5 heteroatoms. The Bertz CT molecular complexity index is 690. The standard InChI is InChI=1S/C15H14ClN3O/c1-17-15(13-7-8-14(16)20-13)12-9-10-18-19(12)11-5-3-2-4-6-11/h2-10,15,17H,1H3. The summed E-state index contributed by atoms with van der Waals surface area (Å²) in [5.41, 5.74) is 2.00. The van der Waals surface area contributed by atoms with Crippen LogP contribution in [0.1, 0.15) is 17.5 Å². The second kappa shape index (κ2) is 5.53. The zero-order chi connectivity index (χ0) is 13.9. The highest BCUT2D eigenvalue weighted by atomic mass is 35.5. The molecule has 3 rings (SSSR count). The summed E-state index contributed by atoms with van der Waals surface area (Å²) in [6.07, 6.45) is 1.78. The van der Waals surface area contributed by atoms with Crippen molar-refractivity contribution in [2.75, 3.05) is 7.05 Å². The maximum absolute atomic E-state index is 5.86. The van der Waals surface area contributed by atoms with E-state index in [0.29, 0.717) is 5.22 Å². The first-order valence-electron chi connectivity index (χ1n) is 6.31. The van der Waals surface area contributed by atoms with Crippen molar-refractivity contribution in [2.24, 2.45) is 0 Å². The molecule has 1 atom stereocenters. The molecule has 2 heterocycles. The molecule has 1 aromatic carbocycles. The Morgan fingerprint density at radius 3 is 2.60 bits per heavy atom. The number of nitrogens with zero attached hydrogens (tertiary/aromatic N) is 2. The summed E-state index contributed by atoms with van der Waals surface area (Å²) in [6.45, 7) is 0. The molecule has 0 bridgehead atoms. The summed E-state index contributed by atoms with van der Waals surface area (Å²) in [4.78, 5) is 0. The molecule has 2 aromatic heterocycles. The largest absolute Gasteiger partial charge is 0.448 e. The van der Waals surface area contributed by atoms with Crippen LogP contribution in [0.3, 0.4) is 0 Å². The molecule has 4 nitrogen and oxygen atoms in total. The van der Waals surface area contributed by atoms with Crippen LogP contribution in [0.25, 0.3) is 5.69 Å². The van der Waals surface area contributed by atoms with Crippen LogP contribution in [0.15, 0.2) is 59.1 Å². The Kier molecular flexibility index (Phi) is 3.58. The van der Waals surface area contributed by atoms with Gasteiger partial charge in [0.2, 0.25) is 0 Å². The van der Waals surface area contributed by atoms with E-state index in [2.05, 4.69) is 10.4 Å². The smallest absolute Gasteiger partial charge is 0.193 e. The second-order valence-corrected chi connectivity index (χ2v) is 4.74. The van der Waals surface area contributed by atoms with Crippen molar-refractivity contribution in [3.05, 3.63) is 71.4 Å². The minimum atomic E-state index is -0.106. The summed E-state index contributed by atoms with van der Waals surface area (Å²) in [7, 11) is 1.88. The predicted octanol–water partition coefficient (Wildman–Crippen LogP) is 3.43. The number of nitrogens with one attached hydrogen (secondary N) is 1. The van der Waals surface area contributed by atoms with Crippen molar-refractivity contribution in [1.29, 1.82) is 0 Å². The molecule has 0 saturated carbocycles. The Balaban J connectivity index is 2.04. The molecule has 1 unspecified atom stereocenters. The van der Waals surface area contributed by atoms with Crippen LogP contribution in [0.2, 0.25) is 5.22 Å². The molecule has 3 aromatic rings. The second-order valence-electron chi connectivity index (χ2n) is 4.37. The highest BCUT2D eigenvalue weighted by molar-refractivity contribution is 6.28. The van der Waals surface area contributed by atoms with E-state index in [9.17, 15) is 0 Å². The quantitative estimate of drug-likeness (QED) is 0.799. The Hall–Kier alpha value is -2.04.